The summed E-state index contributed by atoms with van der Waals surface area (Å²) in [7, 11) is 2.24. The lowest BCUT2D eigenvalue weighted by Crippen LogP contribution is -2.52. The van der Waals surface area contributed by atoms with Crippen LogP contribution < -0.4 is 5.32 Å². The largest absolute Gasteiger partial charge is 0.465 e. The molecule has 0 spiro atoms. The van der Waals surface area contributed by atoms with Crippen LogP contribution in [0.1, 0.15) is 58.8 Å². The van der Waals surface area contributed by atoms with Crippen molar-refractivity contribution in [1.82, 2.24) is 10.2 Å². The van der Waals surface area contributed by atoms with Crippen LogP contribution >= 0.6 is 0 Å². The molecule has 2 aliphatic carbocycles. The minimum absolute atomic E-state index is 0.0517. The zero-order valence-corrected chi connectivity index (χ0v) is 13.3. The van der Waals surface area contributed by atoms with Crippen molar-refractivity contribution in [3.05, 3.63) is 0 Å². The van der Waals surface area contributed by atoms with E-state index >= 15 is 0 Å². The molecule has 20 heavy (non-hydrogen) atoms. The molecule has 4 heteroatoms. The molecule has 0 saturated heterocycles. The minimum Gasteiger partial charge on any atom is -0.465 e. The summed E-state index contributed by atoms with van der Waals surface area (Å²) < 4.78 is 5.32. The fourth-order valence-electron chi connectivity index (χ4n) is 4.00. The number of hydrogen-bond acceptors (Lipinski definition) is 4. The number of rotatable bonds is 6. The molecule has 2 unspecified atom stereocenters. The van der Waals surface area contributed by atoms with Crippen molar-refractivity contribution in [2.45, 2.75) is 76.4 Å². The van der Waals surface area contributed by atoms with Gasteiger partial charge in [0.25, 0.3) is 0 Å². The van der Waals surface area contributed by atoms with Crippen LogP contribution in [0.25, 0.3) is 0 Å². The molecule has 116 valence electrons. The molecule has 0 aromatic carbocycles. The van der Waals surface area contributed by atoms with Gasteiger partial charge in [-0.05, 0) is 52.6 Å². The summed E-state index contributed by atoms with van der Waals surface area (Å²) >= 11 is 0. The second kappa shape index (κ2) is 6.90. The van der Waals surface area contributed by atoms with Crippen molar-refractivity contribution < 1.29 is 9.53 Å². The van der Waals surface area contributed by atoms with Gasteiger partial charge < -0.3 is 15.0 Å². The first kappa shape index (κ1) is 15.8. The van der Waals surface area contributed by atoms with Crippen molar-refractivity contribution in [2.24, 2.45) is 0 Å². The second-order valence-electron chi connectivity index (χ2n) is 6.33. The summed E-state index contributed by atoms with van der Waals surface area (Å²) in [5, 5.41) is 3.42. The van der Waals surface area contributed by atoms with Crippen LogP contribution in [0.3, 0.4) is 0 Å². The number of esters is 1. The van der Waals surface area contributed by atoms with Crippen molar-refractivity contribution in [3.63, 3.8) is 0 Å². The summed E-state index contributed by atoms with van der Waals surface area (Å²) in [6, 6.07) is 1.24. The van der Waals surface area contributed by atoms with Gasteiger partial charge >= 0.3 is 5.97 Å². The van der Waals surface area contributed by atoms with Gasteiger partial charge in [0.05, 0.1) is 6.61 Å². The summed E-state index contributed by atoms with van der Waals surface area (Å²) in [5.41, 5.74) is -0.442. The lowest BCUT2D eigenvalue weighted by atomic mass is 9.97. The molecule has 2 rings (SSSR count). The van der Waals surface area contributed by atoms with Crippen LogP contribution in [0.5, 0.6) is 0 Å². The number of hydrogen-bond donors (Lipinski definition) is 1. The predicted molar refractivity (Wildman–Crippen MR) is 80.7 cm³/mol. The monoisotopic (exact) mass is 282 g/mol. The number of ether oxygens (including phenoxy) is 1. The Kier molecular flexibility index (Phi) is 5.44. The fraction of sp³-hybridized carbons (Fsp3) is 0.938. The fourth-order valence-corrected chi connectivity index (χ4v) is 4.00. The lowest BCUT2D eigenvalue weighted by molar-refractivity contribution is -0.151. The highest BCUT2D eigenvalue weighted by Gasteiger charge is 2.47. The third-order valence-electron chi connectivity index (χ3n) is 5.15. The molecule has 0 radical (unpaired) electrons. The first-order chi connectivity index (χ1) is 9.63. The number of carbonyl (C=O) groups excluding carboxylic acids is 1. The van der Waals surface area contributed by atoms with E-state index in [9.17, 15) is 4.79 Å². The number of nitrogens with zero attached hydrogens (tertiary/aromatic N) is 1. The Balaban J connectivity index is 2.00. The molecule has 2 atom stereocenters. The Labute approximate surface area is 123 Å². The van der Waals surface area contributed by atoms with E-state index in [0.29, 0.717) is 12.6 Å². The molecule has 4 nitrogen and oxygen atoms in total. The van der Waals surface area contributed by atoms with Crippen LogP contribution in [0, 0.1) is 0 Å². The van der Waals surface area contributed by atoms with E-state index in [-0.39, 0.29) is 5.97 Å². The van der Waals surface area contributed by atoms with Gasteiger partial charge in [0, 0.05) is 12.1 Å². The summed E-state index contributed by atoms with van der Waals surface area (Å²) in [4.78, 5) is 14.9. The van der Waals surface area contributed by atoms with E-state index in [4.69, 9.17) is 4.74 Å². The summed E-state index contributed by atoms with van der Waals surface area (Å²) in [6.07, 6.45) is 8.25. The Hall–Kier alpha value is -0.610. The minimum atomic E-state index is -0.442. The van der Waals surface area contributed by atoms with Gasteiger partial charge in [-0.1, -0.05) is 19.8 Å². The molecule has 2 fully saturated rings. The van der Waals surface area contributed by atoms with Gasteiger partial charge in [0.2, 0.25) is 0 Å². The van der Waals surface area contributed by atoms with Gasteiger partial charge in [0.1, 0.15) is 5.54 Å². The van der Waals surface area contributed by atoms with Crippen LogP contribution in [0.4, 0.5) is 0 Å². The van der Waals surface area contributed by atoms with Crippen LogP contribution in [0.2, 0.25) is 0 Å². The van der Waals surface area contributed by atoms with Crippen molar-refractivity contribution in [2.75, 3.05) is 20.2 Å². The molecule has 0 bridgehead atoms. The van der Waals surface area contributed by atoms with Gasteiger partial charge in [0.15, 0.2) is 0 Å². The van der Waals surface area contributed by atoms with Crippen LogP contribution in [0.15, 0.2) is 0 Å². The second-order valence-corrected chi connectivity index (χ2v) is 6.33. The molecular formula is C16H30N2O2. The Morgan fingerprint density at radius 1 is 1.25 bits per heavy atom. The van der Waals surface area contributed by atoms with E-state index < -0.39 is 5.54 Å². The number of likely N-dealkylation sites (N-methyl/N-ethyl adjacent to an activating group) is 1. The topological polar surface area (TPSA) is 41.6 Å². The first-order valence-electron chi connectivity index (χ1n) is 8.27. The van der Waals surface area contributed by atoms with E-state index in [1.165, 1.54) is 25.7 Å². The highest BCUT2D eigenvalue weighted by Crippen LogP contribution is 2.36. The van der Waals surface area contributed by atoms with E-state index in [1.54, 1.807) is 0 Å². The van der Waals surface area contributed by atoms with E-state index in [1.807, 2.05) is 6.92 Å². The maximum Gasteiger partial charge on any atom is 0.326 e. The Morgan fingerprint density at radius 2 is 1.95 bits per heavy atom. The van der Waals surface area contributed by atoms with E-state index in [0.717, 1.165) is 31.8 Å². The van der Waals surface area contributed by atoms with Gasteiger partial charge in [-0.25, -0.2) is 0 Å². The van der Waals surface area contributed by atoms with Crippen molar-refractivity contribution >= 4 is 5.97 Å². The number of nitrogens with one attached hydrogen (secondary N) is 1. The standard InChI is InChI=1S/C16H30N2O2/c1-4-17-16(15(19)20-5-2)11-10-14(12-16)18(3)13-8-6-7-9-13/h13-14,17H,4-12H2,1-3H3. The van der Waals surface area contributed by atoms with Crippen molar-refractivity contribution in [3.8, 4) is 0 Å². The third-order valence-corrected chi connectivity index (χ3v) is 5.15. The maximum atomic E-state index is 12.3. The quantitative estimate of drug-likeness (QED) is 0.759. The molecule has 0 aliphatic heterocycles. The highest BCUT2D eigenvalue weighted by atomic mass is 16.5. The number of carbonyl (C=O) groups is 1. The summed E-state index contributed by atoms with van der Waals surface area (Å²) in [6.45, 7) is 5.23. The van der Waals surface area contributed by atoms with Crippen LogP contribution in [-0.2, 0) is 9.53 Å². The highest BCUT2D eigenvalue weighted by molar-refractivity contribution is 5.81. The molecule has 2 aliphatic rings. The molecule has 0 heterocycles. The molecule has 0 amide bonds. The summed E-state index contributed by atoms with van der Waals surface area (Å²) in [5.74, 6) is -0.0517. The van der Waals surface area contributed by atoms with Gasteiger partial charge in [-0.2, -0.15) is 0 Å². The average Bonchev–Trinajstić information content (AvgIpc) is 3.09. The average molecular weight is 282 g/mol. The zero-order chi connectivity index (χ0) is 14.6. The molecule has 2 saturated carbocycles. The molecule has 0 aromatic heterocycles. The smallest absolute Gasteiger partial charge is 0.326 e. The Bertz CT molecular complexity index is 328. The van der Waals surface area contributed by atoms with Crippen LogP contribution in [-0.4, -0.2) is 48.7 Å². The van der Waals surface area contributed by atoms with Crippen molar-refractivity contribution in [1.29, 1.82) is 0 Å². The van der Waals surface area contributed by atoms with Gasteiger partial charge in [-0.15, -0.1) is 0 Å². The SMILES string of the molecule is CCNC1(C(=O)OCC)CCC(N(C)C2CCCC2)C1. The molecular weight excluding hydrogens is 252 g/mol. The maximum absolute atomic E-state index is 12.3. The molecule has 0 aromatic rings. The lowest BCUT2D eigenvalue weighted by Gasteiger charge is -2.33. The third kappa shape index (κ3) is 3.17. The predicted octanol–water partition coefficient (Wildman–Crippen LogP) is 2.32. The van der Waals surface area contributed by atoms with E-state index in [2.05, 4.69) is 24.2 Å². The zero-order valence-electron chi connectivity index (χ0n) is 13.3. The molecule has 1 N–H and O–H groups in total. The Morgan fingerprint density at radius 3 is 2.55 bits per heavy atom. The van der Waals surface area contributed by atoms with Gasteiger partial charge in [-0.3, -0.25) is 4.79 Å². The first-order valence-corrected chi connectivity index (χ1v) is 8.27. The normalized spacial score (nSPS) is 31.1.